The monoisotopic (exact) mass is 215 g/mol. The molecule has 88 valence electrons. The maximum Gasteiger partial charge on any atom is 0.222 e. The van der Waals surface area contributed by atoms with E-state index in [-0.39, 0.29) is 11.7 Å². The zero-order valence-corrected chi connectivity index (χ0v) is 9.91. The van der Waals surface area contributed by atoms with Crippen molar-refractivity contribution in [2.75, 3.05) is 26.8 Å². The highest BCUT2D eigenvalue weighted by molar-refractivity contribution is 5.78. The molecule has 0 aromatic carbocycles. The molecule has 0 aliphatic heterocycles. The molecule has 0 atom stereocenters. The molecule has 0 bridgehead atoms. The first kappa shape index (κ1) is 14.1. The number of hydrogen-bond donors (Lipinski definition) is 0. The standard InChI is InChI=1S/C11H21NO3/c1-4-10(13)6-8-15-9-7-12(3)11(14)5-2/h4-9H2,1-3H3. The summed E-state index contributed by atoms with van der Waals surface area (Å²) >= 11 is 0. The highest BCUT2D eigenvalue weighted by Gasteiger charge is 2.04. The Morgan fingerprint density at radius 3 is 2.33 bits per heavy atom. The Labute approximate surface area is 91.6 Å². The van der Waals surface area contributed by atoms with Crippen LogP contribution in [-0.4, -0.2) is 43.4 Å². The summed E-state index contributed by atoms with van der Waals surface area (Å²) in [5.41, 5.74) is 0. The van der Waals surface area contributed by atoms with E-state index in [1.807, 2.05) is 13.8 Å². The highest BCUT2D eigenvalue weighted by atomic mass is 16.5. The first-order valence-electron chi connectivity index (χ1n) is 5.45. The number of ether oxygens (including phenoxy) is 1. The third kappa shape index (κ3) is 7.08. The number of amides is 1. The zero-order valence-electron chi connectivity index (χ0n) is 9.91. The van der Waals surface area contributed by atoms with Crippen LogP contribution in [-0.2, 0) is 14.3 Å². The minimum Gasteiger partial charge on any atom is -0.379 e. The zero-order chi connectivity index (χ0) is 11.7. The lowest BCUT2D eigenvalue weighted by Crippen LogP contribution is -2.29. The van der Waals surface area contributed by atoms with Gasteiger partial charge in [-0.15, -0.1) is 0 Å². The van der Waals surface area contributed by atoms with Gasteiger partial charge in [-0.3, -0.25) is 9.59 Å². The molecule has 0 aromatic rings. The van der Waals surface area contributed by atoms with Crippen LogP contribution in [0.4, 0.5) is 0 Å². The van der Waals surface area contributed by atoms with Gasteiger partial charge >= 0.3 is 0 Å². The van der Waals surface area contributed by atoms with Crippen molar-refractivity contribution in [3.8, 4) is 0 Å². The van der Waals surface area contributed by atoms with E-state index in [1.54, 1.807) is 11.9 Å². The van der Waals surface area contributed by atoms with Gasteiger partial charge in [0, 0.05) is 32.9 Å². The number of nitrogens with zero attached hydrogens (tertiary/aromatic N) is 1. The van der Waals surface area contributed by atoms with Crippen molar-refractivity contribution in [2.24, 2.45) is 0 Å². The minimum absolute atomic E-state index is 0.114. The van der Waals surface area contributed by atoms with Crippen molar-refractivity contribution in [3.05, 3.63) is 0 Å². The summed E-state index contributed by atoms with van der Waals surface area (Å²) in [6.45, 7) is 5.22. The van der Waals surface area contributed by atoms with Gasteiger partial charge in [0.25, 0.3) is 0 Å². The molecule has 0 rings (SSSR count). The first-order valence-corrected chi connectivity index (χ1v) is 5.45. The fraction of sp³-hybridized carbons (Fsp3) is 0.818. The maximum absolute atomic E-state index is 11.1. The van der Waals surface area contributed by atoms with Gasteiger partial charge in [0.15, 0.2) is 0 Å². The Hall–Kier alpha value is -0.900. The van der Waals surface area contributed by atoms with Crippen molar-refractivity contribution in [1.82, 2.24) is 4.90 Å². The van der Waals surface area contributed by atoms with Crippen LogP contribution in [0.2, 0.25) is 0 Å². The Balaban J connectivity index is 3.38. The second kappa shape index (κ2) is 8.41. The van der Waals surface area contributed by atoms with Gasteiger partial charge in [0.1, 0.15) is 5.78 Å². The summed E-state index contributed by atoms with van der Waals surface area (Å²) in [4.78, 5) is 23.7. The second-order valence-corrected chi connectivity index (χ2v) is 3.42. The van der Waals surface area contributed by atoms with E-state index in [1.165, 1.54) is 0 Å². The van der Waals surface area contributed by atoms with Gasteiger partial charge in [-0.2, -0.15) is 0 Å². The SMILES string of the molecule is CCC(=O)CCOCCN(C)C(=O)CC. The molecule has 0 aliphatic rings. The number of hydrogen-bond acceptors (Lipinski definition) is 3. The summed E-state index contributed by atoms with van der Waals surface area (Å²) in [7, 11) is 1.76. The molecule has 0 saturated heterocycles. The number of carbonyl (C=O) groups is 2. The molecule has 1 amide bonds. The van der Waals surface area contributed by atoms with Crippen molar-refractivity contribution in [1.29, 1.82) is 0 Å². The average Bonchev–Trinajstić information content (AvgIpc) is 2.26. The lowest BCUT2D eigenvalue weighted by molar-refractivity contribution is -0.130. The molecule has 0 spiro atoms. The van der Waals surface area contributed by atoms with Crippen molar-refractivity contribution < 1.29 is 14.3 Å². The van der Waals surface area contributed by atoms with Gasteiger partial charge in [-0.1, -0.05) is 13.8 Å². The maximum atomic E-state index is 11.1. The van der Waals surface area contributed by atoms with Crippen LogP contribution >= 0.6 is 0 Å². The molecule has 4 nitrogen and oxygen atoms in total. The van der Waals surface area contributed by atoms with Crippen LogP contribution in [0.3, 0.4) is 0 Å². The van der Waals surface area contributed by atoms with E-state index in [2.05, 4.69) is 0 Å². The smallest absolute Gasteiger partial charge is 0.222 e. The third-order valence-corrected chi connectivity index (χ3v) is 2.22. The van der Waals surface area contributed by atoms with Crippen LogP contribution in [0.1, 0.15) is 33.1 Å². The molecule has 0 aliphatic carbocycles. The van der Waals surface area contributed by atoms with E-state index in [0.717, 1.165) is 0 Å². The number of carbonyl (C=O) groups excluding carboxylic acids is 2. The predicted molar refractivity (Wildman–Crippen MR) is 58.7 cm³/mol. The molecule has 0 fully saturated rings. The molecule has 0 aromatic heterocycles. The lowest BCUT2D eigenvalue weighted by Gasteiger charge is -2.15. The van der Waals surface area contributed by atoms with Crippen LogP contribution in [0, 0.1) is 0 Å². The number of Topliss-reactive ketones (excluding diaryl/α,β-unsaturated/α-hetero) is 1. The molecule has 0 unspecified atom stereocenters. The van der Waals surface area contributed by atoms with Crippen molar-refractivity contribution >= 4 is 11.7 Å². The summed E-state index contributed by atoms with van der Waals surface area (Å²) in [5, 5.41) is 0. The number of likely N-dealkylation sites (N-methyl/N-ethyl adjacent to an activating group) is 1. The summed E-state index contributed by atoms with van der Waals surface area (Å²) < 4.78 is 5.26. The second-order valence-electron chi connectivity index (χ2n) is 3.42. The molecule has 4 heteroatoms. The van der Waals surface area contributed by atoms with Crippen LogP contribution in [0.15, 0.2) is 0 Å². The van der Waals surface area contributed by atoms with Gasteiger partial charge in [-0.25, -0.2) is 0 Å². The van der Waals surface area contributed by atoms with Crippen molar-refractivity contribution in [3.63, 3.8) is 0 Å². The third-order valence-electron chi connectivity index (χ3n) is 2.22. The van der Waals surface area contributed by atoms with E-state index >= 15 is 0 Å². The molecule has 0 radical (unpaired) electrons. The Morgan fingerprint density at radius 2 is 1.80 bits per heavy atom. The molecular formula is C11H21NO3. The Morgan fingerprint density at radius 1 is 1.13 bits per heavy atom. The van der Waals surface area contributed by atoms with E-state index in [4.69, 9.17) is 4.74 Å². The summed E-state index contributed by atoms with van der Waals surface area (Å²) in [6, 6.07) is 0. The summed E-state index contributed by atoms with van der Waals surface area (Å²) in [6.07, 6.45) is 1.56. The predicted octanol–water partition coefficient (Wildman–Crippen LogP) is 1.24. The fourth-order valence-corrected chi connectivity index (χ4v) is 1.06. The fourth-order valence-electron chi connectivity index (χ4n) is 1.06. The van der Waals surface area contributed by atoms with E-state index in [0.29, 0.717) is 39.0 Å². The lowest BCUT2D eigenvalue weighted by atomic mass is 10.2. The number of rotatable bonds is 8. The Bertz CT molecular complexity index is 204. The normalized spacial score (nSPS) is 10.1. The van der Waals surface area contributed by atoms with Gasteiger partial charge in [-0.05, 0) is 0 Å². The van der Waals surface area contributed by atoms with E-state index in [9.17, 15) is 9.59 Å². The Kier molecular flexibility index (Phi) is 7.91. The van der Waals surface area contributed by atoms with Crippen LogP contribution in [0.5, 0.6) is 0 Å². The molecular weight excluding hydrogens is 194 g/mol. The molecule has 15 heavy (non-hydrogen) atoms. The quantitative estimate of drug-likeness (QED) is 0.572. The highest BCUT2D eigenvalue weighted by Crippen LogP contribution is 1.92. The van der Waals surface area contributed by atoms with E-state index < -0.39 is 0 Å². The van der Waals surface area contributed by atoms with Gasteiger partial charge in [0.05, 0.1) is 13.2 Å². The molecule has 0 saturated carbocycles. The van der Waals surface area contributed by atoms with Crippen LogP contribution < -0.4 is 0 Å². The summed E-state index contributed by atoms with van der Waals surface area (Å²) in [5.74, 6) is 0.330. The minimum atomic E-state index is 0.114. The molecule has 0 heterocycles. The molecule has 0 N–H and O–H groups in total. The van der Waals surface area contributed by atoms with Crippen molar-refractivity contribution in [2.45, 2.75) is 33.1 Å². The van der Waals surface area contributed by atoms with Gasteiger partial charge < -0.3 is 9.64 Å². The van der Waals surface area contributed by atoms with Crippen LogP contribution in [0.25, 0.3) is 0 Å². The number of ketones is 1. The topological polar surface area (TPSA) is 46.6 Å². The first-order chi connectivity index (χ1) is 7.11. The largest absolute Gasteiger partial charge is 0.379 e. The van der Waals surface area contributed by atoms with Gasteiger partial charge in [0.2, 0.25) is 5.91 Å². The average molecular weight is 215 g/mol.